The number of aromatic nitrogens is 3. The molecule has 168 valence electrons. The standard InChI is InChI=1S/C22H32ClN7O/c1-29(16-10-12-25-13-11-16)21-26-20(15-6-4-2-3-5-7-15)27-22(28-21)30(24)17-8-9-19(31)18(23)14-17/h8-9,14-16,25,31H,2-7,10-13,24H2,1H3. The Kier molecular flexibility index (Phi) is 7.09. The predicted molar refractivity (Wildman–Crippen MR) is 124 cm³/mol. The van der Waals surface area contributed by atoms with Crippen LogP contribution >= 0.6 is 11.6 Å². The molecule has 1 aromatic heterocycles. The Morgan fingerprint density at radius 2 is 1.68 bits per heavy atom. The molecular formula is C22H32ClN7O. The largest absolute Gasteiger partial charge is 0.506 e. The summed E-state index contributed by atoms with van der Waals surface area (Å²) in [5.74, 6) is 8.64. The van der Waals surface area contributed by atoms with Crippen LogP contribution in [0.1, 0.15) is 63.1 Å². The average Bonchev–Trinajstić information content (AvgIpc) is 3.10. The molecule has 9 heteroatoms. The second-order valence-electron chi connectivity index (χ2n) is 8.58. The second kappa shape index (κ2) is 9.97. The number of halogens is 1. The van der Waals surface area contributed by atoms with Crippen molar-refractivity contribution in [2.24, 2.45) is 5.84 Å². The van der Waals surface area contributed by atoms with Crippen molar-refractivity contribution in [2.75, 3.05) is 30.0 Å². The molecule has 0 bridgehead atoms. The van der Waals surface area contributed by atoms with E-state index in [0.29, 0.717) is 29.5 Å². The molecule has 1 saturated carbocycles. The van der Waals surface area contributed by atoms with E-state index in [0.717, 1.165) is 44.6 Å². The molecule has 0 radical (unpaired) electrons. The zero-order valence-corrected chi connectivity index (χ0v) is 18.9. The quantitative estimate of drug-likeness (QED) is 0.362. The molecule has 1 aromatic carbocycles. The van der Waals surface area contributed by atoms with Crippen molar-refractivity contribution in [3.63, 3.8) is 0 Å². The number of benzene rings is 1. The number of anilines is 3. The Labute approximate surface area is 188 Å². The summed E-state index contributed by atoms with van der Waals surface area (Å²) >= 11 is 6.10. The van der Waals surface area contributed by atoms with Crippen molar-refractivity contribution < 1.29 is 5.11 Å². The van der Waals surface area contributed by atoms with E-state index in [1.54, 1.807) is 12.1 Å². The van der Waals surface area contributed by atoms with Gasteiger partial charge in [0.25, 0.3) is 0 Å². The van der Waals surface area contributed by atoms with Gasteiger partial charge in [-0.05, 0) is 57.0 Å². The molecule has 1 aliphatic carbocycles. The smallest absolute Gasteiger partial charge is 0.249 e. The van der Waals surface area contributed by atoms with Gasteiger partial charge in [0.1, 0.15) is 11.6 Å². The molecule has 8 nitrogen and oxygen atoms in total. The lowest BCUT2D eigenvalue weighted by Gasteiger charge is -2.32. The van der Waals surface area contributed by atoms with Gasteiger partial charge in [-0.25, -0.2) is 10.9 Å². The first kappa shape index (κ1) is 22.0. The van der Waals surface area contributed by atoms with Crippen molar-refractivity contribution >= 4 is 29.2 Å². The van der Waals surface area contributed by atoms with Crippen LogP contribution in [0.15, 0.2) is 18.2 Å². The highest BCUT2D eigenvalue weighted by molar-refractivity contribution is 6.32. The maximum absolute atomic E-state index is 9.75. The average molecular weight is 446 g/mol. The molecule has 0 unspecified atom stereocenters. The van der Waals surface area contributed by atoms with Gasteiger partial charge in [-0.1, -0.05) is 37.3 Å². The van der Waals surface area contributed by atoms with E-state index in [-0.39, 0.29) is 10.8 Å². The van der Waals surface area contributed by atoms with Gasteiger partial charge < -0.3 is 15.3 Å². The fourth-order valence-corrected chi connectivity index (χ4v) is 4.65. The fraction of sp³-hybridized carbons (Fsp3) is 0.591. The van der Waals surface area contributed by atoms with Crippen molar-refractivity contribution in [3.8, 4) is 5.75 Å². The van der Waals surface area contributed by atoms with Crippen LogP contribution in [-0.2, 0) is 0 Å². The van der Waals surface area contributed by atoms with Crippen LogP contribution in [0.3, 0.4) is 0 Å². The van der Waals surface area contributed by atoms with Crippen LogP contribution in [0, 0.1) is 0 Å². The number of hydrogen-bond donors (Lipinski definition) is 3. The summed E-state index contributed by atoms with van der Waals surface area (Å²) < 4.78 is 0. The Bertz CT molecular complexity index is 882. The molecule has 4 N–H and O–H groups in total. The van der Waals surface area contributed by atoms with Gasteiger partial charge in [-0.15, -0.1) is 0 Å². The molecule has 2 heterocycles. The lowest BCUT2D eigenvalue weighted by atomic mass is 9.99. The highest BCUT2D eigenvalue weighted by Gasteiger charge is 2.25. The van der Waals surface area contributed by atoms with Crippen LogP contribution in [0.5, 0.6) is 5.75 Å². The number of phenolic OH excluding ortho intramolecular Hbond substituents is 1. The van der Waals surface area contributed by atoms with E-state index < -0.39 is 0 Å². The number of hydrazine groups is 1. The molecule has 1 aliphatic heterocycles. The van der Waals surface area contributed by atoms with Crippen molar-refractivity contribution in [1.82, 2.24) is 20.3 Å². The van der Waals surface area contributed by atoms with Crippen LogP contribution in [0.4, 0.5) is 17.6 Å². The first-order valence-electron chi connectivity index (χ1n) is 11.3. The first-order chi connectivity index (χ1) is 15.0. The van der Waals surface area contributed by atoms with Crippen molar-refractivity contribution in [1.29, 1.82) is 0 Å². The van der Waals surface area contributed by atoms with Gasteiger partial charge in [-0.3, -0.25) is 0 Å². The van der Waals surface area contributed by atoms with Gasteiger partial charge in [0.05, 0.1) is 10.7 Å². The zero-order valence-electron chi connectivity index (χ0n) is 18.1. The molecule has 4 rings (SSSR count). The van der Waals surface area contributed by atoms with Gasteiger partial charge in [0.15, 0.2) is 0 Å². The molecule has 0 atom stereocenters. The number of nitrogens with two attached hydrogens (primary N) is 1. The van der Waals surface area contributed by atoms with Gasteiger partial charge >= 0.3 is 0 Å². The van der Waals surface area contributed by atoms with Crippen LogP contribution in [-0.4, -0.2) is 46.2 Å². The summed E-state index contributed by atoms with van der Waals surface area (Å²) in [7, 11) is 2.06. The third-order valence-electron chi connectivity index (χ3n) is 6.45. The summed E-state index contributed by atoms with van der Waals surface area (Å²) in [5.41, 5.74) is 0.608. The number of nitrogens with one attached hydrogen (secondary N) is 1. The number of piperidine rings is 1. The summed E-state index contributed by atoms with van der Waals surface area (Å²) in [6.07, 6.45) is 9.23. The molecule has 1 saturated heterocycles. The minimum absolute atomic E-state index is 0.0138. The number of aromatic hydroxyl groups is 1. The fourth-order valence-electron chi connectivity index (χ4n) is 4.47. The first-order valence-corrected chi connectivity index (χ1v) is 11.6. The Balaban J connectivity index is 1.70. The van der Waals surface area contributed by atoms with Crippen molar-refractivity contribution in [3.05, 3.63) is 29.0 Å². The van der Waals surface area contributed by atoms with Gasteiger partial charge in [0.2, 0.25) is 11.9 Å². The Morgan fingerprint density at radius 1 is 1.00 bits per heavy atom. The summed E-state index contributed by atoms with van der Waals surface area (Å²) in [5, 5.41) is 14.8. The van der Waals surface area contributed by atoms with Gasteiger partial charge in [-0.2, -0.15) is 15.0 Å². The maximum Gasteiger partial charge on any atom is 0.249 e. The van der Waals surface area contributed by atoms with Crippen LogP contribution in [0.25, 0.3) is 0 Å². The summed E-state index contributed by atoms with van der Waals surface area (Å²) in [4.78, 5) is 16.6. The molecule has 0 spiro atoms. The van der Waals surface area contributed by atoms with E-state index in [2.05, 4.69) is 17.3 Å². The highest BCUT2D eigenvalue weighted by atomic mass is 35.5. The minimum atomic E-state index is 0.0138. The molecule has 2 aliphatic rings. The van der Waals surface area contributed by atoms with Crippen LogP contribution < -0.4 is 21.1 Å². The number of rotatable bonds is 5. The highest BCUT2D eigenvalue weighted by Crippen LogP contribution is 2.33. The van der Waals surface area contributed by atoms with E-state index in [1.165, 1.54) is 36.8 Å². The molecule has 2 fully saturated rings. The van der Waals surface area contributed by atoms with Crippen LogP contribution in [0.2, 0.25) is 5.02 Å². The molecular weight excluding hydrogens is 414 g/mol. The second-order valence-corrected chi connectivity index (χ2v) is 8.99. The van der Waals surface area contributed by atoms with Crippen molar-refractivity contribution in [2.45, 2.75) is 63.3 Å². The topological polar surface area (TPSA) is 103 Å². The van der Waals surface area contributed by atoms with Gasteiger partial charge in [0, 0.05) is 19.0 Å². The molecule has 31 heavy (non-hydrogen) atoms. The third-order valence-corrected chi connectivity index (χ3v) is 6.75. The van der Waals surface area contributed by atoms with E-state index in [1.807, 2.05) is 0 Å². The van der Waals surface area contributed by atoms with E-state index in [9.17, 15) is 5.11 Å². The Morgan fingerprint density at radius 3 is 2.35 bits per heavy atom. The number of phenols is 1. The number of hydrogen-bond acceptors (Lipinski definition) is 8. The monoisotopic (exact) mass is 445 g/mol. The van der Waals surface area contributed by atoms with E-state index >= 15 is 0 Å². The lowest BCUT2D eigenvalue weighted by Crippen LogP contribution is -2.42. The zero-order chi connectivity index (χ0) is 21.8. The lowest BCUT2D eigenvalue weighted by molar-refractivity contribution is 0.438. The predicted octanol–water partition coefficient (Wildman–Crippen LogP) is 3.87. The van der Waals surface area contributed by atoms with E-state index in [4.69, 9.17) is 32.4 Å². The summed E-state index contributed by atoms with van der Waals surface area (Å²) in [6.45, 7) is 1.99. The normalized spacial score (nSPS) is 18.5. The molecule has 0 amide bonds. The molecule has 2 aromatic rings. The minimum Gasteiger partial charge on any atom is -0.506 e. The third kappa shape index (κ3) is 5.19. The summed E-state index contributed by atoms with van der Waals surface area (Å²) in [6, 6.07) is 5.22. The Hall–Kier alpha value is -2.16. The number of nitrogens with zero attached hydrogens (tertiary/aromatic N) is 5. The SMILES string of the molecule is CN(c1nc(C2CCCCCC2)nc(N(N)c2ccc(O)c(Cl)c2)n1)C1CCNCC1. The maximum atomic E-state index is 9.75.